The number of halogens is 2. The van der Waals surface area contributed by atoms with Gasteiger partial charge in [-0.25, -0.2) is 13.8 Å². The monoisotopic (exact) mass is 447 g/mol. The van der Waals surface area contributed by atoms with Crippen LogP contribution in [0.25, 0.3) is 10.9 Å². The molecule has 0 saturated heterocycles. The summed E-state index contributed by atoms with van der Waals surface area (Å²) in [7, 11) is 2.96. The van der Waals surface area contributed by atoms with Gasteiger partial charge >= 0.3 is 0 Å². The average Bonchev–Trinajstić information content (AvgIpc) is 2.78. The third-order valence-electron chi connectivity index (χ3n) is 4.95. The molecule has 0 spiro atoms. The number of benzene rings is 2. The molecule has 2 aromatic carbocycles. The van der Waals surface area contributed by atoms with Gasteiger partial charge < -0.3 is 19.9 Å². The van der Waals surface area contributed by atoms with Gasteiger partial charge in [0.1, 0.15) is 11.6 Å². The number of ether oxygens (including phenoxy) is 2. The number of carbonyl (C=O) groups excluding carboxylic acids is 1. The zero-order chi connectivity index (χ0) is 23.3. The van der Waals surface area contributed by atoms with E-state index in [9.17, 15) is 23.5 Å². The fourth-order valence-electron chi connectivity index (χ4n) is 3.24. The van der Waals surface area contributed by atoms with Crippen molar-refractivity contribution in [1.29, 1.82) is 0 Å². The third kappa shape index (κ3) is 5.20. The molecule has 170 valence electrons. The number of aryl methyl sites for hydroxylation is 1. The summed E-state index contributed by atoms with van der Waals surface area (Å²) in [4.78, 5) is 29.0. The first-order valence-corrected chi connectivity index (χ1v) is 9.85. The van der Waals surface area contributed by atoms with Gasteiger partial charge in [0.25, 0.3) is 5.56 Å². The van der Waals surface area contributed by atoms with Crippen molar-refractivity contribution < 1.29 is 28.2 Å². The number of carbonyl (C=O) groups is 1. The molecule has 32 heavy (non-hydrogen) atoms. The maximum absolute atomic E-state index is 13.7. The molecule has 1 atom stereocenters. The van der Waals surface area contributed by atoms with Crippen LogP contribution in [0.4, 0.5) is 8.78 Å². The molecular weight excluding hydrogens is 424 g/mol. The highest BCUT2D eigenvalue weighted by atomic mass is 19.1. The number of hydrogen-bond acceptors (Lipinski definition) is 6. The summed E-state index contributed by atoms with van der Waals surface area (Å²) in [5.41, 5.74) is 0.0785. The van der Waals surface area contributed by atoms with Crippen LogP contribution in [-0.2, 0) is 11.3 Å². The molecule has 0 aliphatic rings. The van der Waals surface area contributed by atoms with Gasteiger partial charge in [-0.05, 0) is 18.6 Å². The fourth-order valence-corrected chi connectivity index (χ4v) is 3.24. The maximum Gasteiger partial charge on any atom is 0.261 e. The number of nitrogens with one attached hydrogen (secondary N) is 1. The molecule has 0 aliphatic heterocycles. The minimum atomic E-state index is -1.31. The molecule has 10 heteroatoms. The van der Waals surface area contributed by atoms with E-state index in [1.165, 1.54) is 25.1 Å². The fraction of sp³-hybridized carbons (Fsp3) is 0.318. The predicted octanol–water partition coefficient (Wildman–Crippen LogP) is 2.32. The molecule has 0 aliphatic carbocycles. The van der Waals surface area contributed by atoms with E-state index in [1.807, 2.05) is 0 Å². The van der Waals surface area contributed by atoms with Crippen molar-refractivity contribution in [3.63, 3.8) is 0 Å². The highest BCUT2D eigenvalue weighted by Crippen LogP contribution is 2.29. The van der Waals surface area contributed by atoms with Crippen molar-refractivity contribution in [1.82, 2.24) is 14.9 Å². The van der Waals surface area contributed by atoms with Crippen LogP contribution in [0.15, 0.2) is 41.5 Å². The Morgan fingerprint density at radius 1 is 1.19 bits per heavy atom. The number of rotatable bonds is 9. The van der Waals surface area contributed by atoms with Crippen LogP contribution >= 0.6 is 0 Å². The maximum atomic E-state index is 13.7. The molecule has 1 unspecified atom stereocenters. The number of hydrogen-bond donors (Lipinski definition) is 2. The van der Waals surface area contributed by atoms with E-state index in [1.54, 1.807) is 12.1 Å². The average molecular weight is 447 g/mol. The summed E-state index contributed by atoms with van der Waals surface area (Å²) < 4.78 is 38.5. The number of fused-ring (bicyclic) bond motifs is 1. The molecule has 2 N–H and O–H groups in total. The Hall–Kier alpha value is -3.53. The second-order valence-corrected chi connectivity index (χ2v) is 7.06. The SMILES string of the molecule is COc1cc2ncn(CCCC(=O)NCC(O)c3ccc(F)cc3F)c(=O)c2cc1OC. The first-order valence-electron chi connectivity index (χ1n) is 9.85. The van der Waals surface area contributed by atoms with Gasteiger partial charge in [0.15, 0.2) is 11.5 Å². The molecule has 0 bridgehead atoms. The molecule has 3 aromatic rings. The standard InChI is InChI=1S/C22H23F2N3O5/c1-31-19-9-15-17(10-20(19)32-2)26-12-27(22(15)30)7-3-4-21(29)25-11-18(28)14-6-5-13(23)8-16(14)24/h5-6,8-10,12,18,28H,3-4,7,11H2,1-2H3,(H,25,29). The van der Waals surface area contributed by atoms with E-state index in [0.29, 0.717) is 34.9 Å². The third-order valence-corrected chi connectivity index (χ3v) is 4.95. The van der Waals surface area contributed by atoms with Crippen LogP contribution in [-0.4, -0.2) is 41.3 Å². The molecule has 0 radical (unpaired) electrons. The first-order chi connectivity index (χ1) is 15.3. The topological polar surface area (TPSA) is 103 Å². The van der Waals surface area contributed by atoms with Crippen molar-refractivity contribution in [3.05, 3.63) is 64.2 Å². The Morgan fingerprint density at radius 2 is 1.91 bits per heavy atom. The van der Waals surface area contributed by atoms with Gasteiger partial charge in [-0.15, -0.1) is 0 Å². The van der Waals surface area contributed by atoms with Crippen LogP contribution in [0.1, 0.15) is 24.5 Å². The van der Waals surface area contributed by atoms with E-state index in [-0.39, 0.29) is 36.5 Å². The minimum Gasteiger partial charge on any atom is -0.493 e. The Kier molecular flexibility index (Phi) is 7.37. The van der Waals surface area contributed by atoms with Crippen molar-refractivity contribution in [2.45, 2.75) is 25.5 Å². The van der Waals surface area contributed by atoms with Crippen molar-refractivity contribution in [3.8, 4) is 11.5 Å². The Balaban J connectivity index is 1.57. The minimum absolute atomic E-state index is 0.0784. The van der Waals surface area contributed by atoms with Crippen molar-refractivity contribution in [2.75, 3.05) is 20.8 Å². The second-order valence-electron chi connectivity index (χ2n) is 7.06. The van der Waals surface area contributed by atoms with E-state index in [2.05, 4.69) is 10.3 Å². The lowest BCUT2D eigenvalue weighted by Crippen LogP contribution is -2.29. The number of aromatic nitrogens is 2. The highest BCUT2D eigenvalue weighted by molar-refractivity contribution is 5.81. The summed E-state index contributed by atoms with van der Waals surface area (Å²) in [6.07, 6.45) is 0.511. The molecule has 1 amide bonds. The smallest absolute Gasteiger partial charge is 0.261 e. The number of aliphatic hydroxyl groups excluding tert-OH is 1. The molecule has 1 heterocycles. The van der Waals surface area contributed by atoms with Gasteiger partial charge in [-0.3, -0.25) is 14.2 Å². The zero-order valence-electron chi connectivity index (χ0n) is 17.6. The van der Waals surface area contributed by atoms with Crippen molar-refractivity contribution in [2.24, 2.45) is 0 Å². The molecule has 3 rings (SSSR count). The van der Waals surface area contributed by atoms with Crippen LogP contribution in [0.2, 0.25) is 0 Å². The van der Waals surface area contributed by atoms with E-state index in [4.69, 9.17) is 9.47 Å². The molecule has 0 fully saturated rings. The van der Waals surface area contributed by atoms with Gasteiger partial charge in [-0.2, -0.15) is 0 Å². The summed E-state index contributed by atoms with van der Waals surface area (Å²) in [5.74, 6) is -1.14. The number of nitrogens with zero attached hydrogens (tertiary/aromatic N) is 2. The molecule has 0 saturated carbocycles. The Morgan fingerprint density at radius 3 is 2.59 bits per heavy atom. The highest BCUT2D eigenvalue weighted by Gasteiger charge is 2.15. The zero-order valence-corrected chi connectivity index (χ0v) is 17.6. The lowest BCUT2D eigenvalue weighted by molar-refractivity contribution is -0.121. The lowest BCUT2D eigenvalue weighted by atomic mass is 10.1. The predicted molar refractivity (Wildman–Crippen MR) is 113 cm³/mol. The largest absolute Gasteiger partial charge is 0.493 e. The quantitative estimate of drug-likeness (QED) is 0.522. The summed E-state index contributed by atoms with van der Waals surface area (Å²) >= 11 is 0. The molecular formula is C22H23F2N3O5. The van der Waals surface area contributed by atoms with Crippen LogP contribution < -0.4 is 20.3 Å². The summed E-state index contributed by atoms with van der Waals surface area (Å²) in [6.45, 7) is 0.0270. The second kappa shape index (κ2) is 10.2. The molecule has 8 nitrogen and oxygen atoms in total. The Bertz CT molecular complexity index is 1180. The van der Waals surface area contributed by atoms with Crippen LogP contribution in [0.3, 0.4) is 0 Å². The van der Waals surface area contributed by atoms with Gasteiger partial charge in [0.05, 0.1) is 37.6 Å². The van der Waals surface area contributed by atoms with Crippen LogP contribution in [0, 0.1) is 11.6 Å². The number of amides is 1. The number of methoxy groups -OCH3 is 2. The van der Waals surface area contributed by atoms with E-state index < -0.39 is 17.7 Å². The van der Waals surface area contributed by atoms with E-state index >= 15 is 0 Å². The van der Waals surface area contributed by atoms with Gasteiger partial charge in [0, 0.05) is 37.2 Å². The Labute approximate surface area is 182 Å². The van der Waals surface area contributed by atoms with E-state index in [0.717, 1.165) is 12.1 Å². The number of aliphatic hydroxyl groups is 1. The van der Waals surface area contributed by atoms with Gasteiger partial charge in [-0.1, -0.05) is 6.07 Å². The summed E-state index contributed by atoms with van der Waals surface area (Å²) in [5, 5.41) is 12.9. The first kappa shape index (κ1) is 23.1. The lowest BCUT2D eigenvalue weighted by Gasteiger charge is -2.13. The normalized spacial score (nSPS) is 11.9. The summed E-state index contributed by atoms with van der Waals surface area (Å²) in [6, 6.07) is 6.00. The molecule has 1 aromatic heterocycles. The van der Waals surface area contributed by atoms with Crippen LogP contribution in [0.5, 0.6) is 11.5 Å². The van der Waals surface area contributed by atoms with Gasteiger partial charge in [0.2, 0.25) is 5.91 Å². The van der Waals surface area contributed by atoms with Crippen molar-refractivity contribution >= 4 is 16.8 Å².